The van der Waals surface area contributed by atoms with E-state index >= 15 is 0 Å². The van der Waals surface area contributed by atoms with Crippen LogP contribution in [0.4, 0.5) is 0 Å². The third-order valence-electron chi connectivity index (χ3n) is 9.64. The van der Waals surface area contributed by atoms with Gasteiger partial charge in [0, 0.05) is 32.8 Å². The Kier molecular flexibility index (Phi) is 6.56. The van der Waals surface area contributed by atoms with Crippen molar-refractivity contribution in [1.82, 2.24) is 9.13 Å². The molecule has 5 nitrogen and oxygen atoms in total. The maximum atomic E-state index is 10.3. The molecule has 2 aromatic heterocycles. The Labute approximate surface area is 287 Å². The van der Waals surface area contributed by atoms with Crippen molar-refractivity contribution in [2.45, 2.75) is 0 Å². The molecule has 50 heavy (non-hydrogen) atoms. The van der Waals surface area contributed by atoms with Gasteiger partial charge in [-0.1, -0.05) is 84.9 Å². The van der Waals surface area contributed by atoms with Crippen LogP contribution in [-0.4, -0.2) is 9.13 Å². The Hall–Kier alpha value is -7.39. The highest BCUT2D eigenvalue weighted by molar-refractivity contribution is 6.11. The van der Waals surface area contributed by atoms with Gasteiger partial charge in [-0.3, -0.25) is 0 Å². The van der Waals surface area contributed by atoms with Gasteiger partial charge in [-0.2, -0.15) is 15.8 Å². The van der Waals surface area contributed by atoms with E-state index in [4.69, 9.17) is 0 Å². The quantitative estimate of drug-likeness (QED) is 0.193. The molecule has 9 aromatic rings. The van der Waals surface area contributed by atoms with E-state index < -0.39 is 0 Å². The van der Waals surface area contributed by atoms with Gasteiger partial charge in [-0.15, -0.1) is 0 Å². The Morgan fingerprint density at radius 1 is 0.380 bits per heavy atom. The maximum absolute atomic E-state index is 10.3. The summed E-state index contributed by atoms with van der Waals surface area (Å²) < 4.78 is 4.43. The highest BCUT2D eigenvalue weighted by atomic mass is 15.0. The summed E-state index contributed by atoms with van der Waals surface area (Å²) in [5.74, 6) is 0. The van der Waals surface area contributed by atoms with Gasteiger partial charge >= 0.3 is 0 Å². The third kappa shape index (κ3) is 4.38. The molecule has 0 radical (unpaired) electrons. The molecule has 0 N–H and O–H groups in total. The van der Waals surface area contributed by atoms with E-state index in [1.54, 1.807) is 0 Å². The zero-order valence-corrected chi connectivity index (χ0v) is 26.7. The first-order valence-corrected chi connectivity index (χ1v) is 16.3. The van der Waals surface area contributed by atoms with Crippen molar-refractivity contribution in [2.24, 2.45) is 0 Å². The fraction of sp³-hybridized carbons (Fsp3) is 0. The molecule has 0 aliphatic heterocycles. The molecule has 5 heteroatoms. The van der Waals surface area contributed by atoms with E-state index in [2.05, 4.69) is 106 Å². The predicted molar refractivity (Wildman–Crippen MR) is 200 cm³/mol. The summed E-state index contributed by atoms with van der Waals surface area (Å²) >= 11 is 0. The first-order valence-electron chi connectivity index (χ1n) is 16.3. The Morgan fingerprint density at radius 3 is 1.48 bits per heavy atom. The molecule has 0 amide bonds. The molecule has 2 heterocycles. The molecule has 7 aromatic carbocycles. The Bertz CT molecular complexity index is 2830. The summed E-state index contributed by atoms with van der Waals surface area (Å²) in [6.45, 7) is 0. The number of hydrogen-bond donors (Lipinski definition) is 0. The largest absolute Gasteiger partial charge is 0.309 e. The summed E-state index contributed by atoms with van der Waals surface area (Å²) in [5.41, 5.74) is 11.7. The number of benzene rings is 7. The van der Waals surface area contributed by atoms with E-state index in [-0.39, 0.29) is 0 Å². The monoisotopic (exact) mass is 635 g/mol. The van der Waals surface area contributed by atoms with Gasteiger partial charge in [-0.25, -0.2) is 0 Å². The first-order chi connectivity index (χ1) is 24.7. The average Bonchev–Trinajstić information content (AvgIpc) is 3.69. The minimum Gasteiger partial charge on any atom is -0.309 e. The van der Waals surface area contributed by atoms with Crippen molar-refractivity contribution in [1.29, 1.82) is 15.8 Å². The maximum Gasteiger partial charge on any atom is 0.0998 e. The second-order valence-electron chi connectivity index (χ2n) is 12.3. The topological polar surface area (TPSA) is 81.2 Å². The average molecular weight is 636 g/mol. The van der Waals surface area contributed by atoms with E-state index in [9.17, 15) is 15.8 Å². The van der Waals surface area contributed by atoms with Crippen LogP contribution in [-0.2, 0) is 0 Å². The van der Waals surface area contributed by atoms with E-state index in [0.717, 1.165) is 66.5 Å². The lowest BCUT2D eigenvalue weighted by Crippen LogP contribution is -1.97. The molecule has 0 bridgehead atoms. The molecule has 0 aliphatic rings. The van der Waals surface area contributed by atoms with Gasteiger partial charge in [0.1, 0.15) is 0 Å². The van der Waals surface area contributed by atoms with Gasteiger partial charge in [0.25, 0.3) is 0 Å². The van der Waals surface area contributed by atoms with E-state index in [1.807, 2.05) is 72.8 Å². The fourth-order valence-corrected chi connectivity index (χ4v) is 7.38. The second kappa shape index (κ2) is 11.4. The first kappa shape index (κ1) is 28.8. The van der Waals surface area contributed by atoms with Crippen molar-refractivity contribution in [3.05, 3.63) is 168 Å². The second-order valence-corrected chi connectivity index (χ2v) is 12.3. The smallest absolute Gasteiger partial charge is 0.0998 e. The fourth-order valence-electron chi connectivity index (χ4n) is 7.38. The van der Waals surface area contributed by atoms with Crippen LogP contribution in [0.1, 0.15) is 16.7 Å². The number of rotatable bonds is 4. The molecular formula is C45H25N5. The number of fused-ring (bicyclic) bond motifs is 6. The number of para-hydroxylation sites is 3. The number of hydrogen-bond acceptors (Lipinski definition) is 3. The number of nitriles is 3. The van der Waals surface area contributed by atoms with Crippen LogP contribution < -0.4 is 0 Å². The highest BCUT2D eigenvalue weighted by Crippen LogP contribution is 2.38. The third-order valence-corrected chi connectivity index (χ3v) is 9.64. The van der Waals surface area contributed by atoms with Crippen molar-refractivity contribution in [3.8, 4) is 51.8 Å². The minimum atomic E-state index is 0.572. The van der Waals surface area contributed by atoms with Crippen LogP contribution in [0.2, 0.25) is 0 Å². The van der Waals surface area contributed by atoms with Crippen LogP contribution >= 0.6 is 0 Å². The summed E-state index contributed by atoms with van der Waals surface area (Å²) in [7, 11) is 0. The van der Waals surface area contributed by atoms with Gasteiger partial charge in [-0.05, 0) is 83.4 Å². The molecule has 0 saturated heterocycles. The van der Waals surface area contributed by atoms with Crippen molar-refractivity contribution in [3.63, 3.8) is 0 Å². The van der Waals surface area contributed by atoms with Gasteiger partial charge < -0.3 is 9.13 Å². The summed E-state index contributed by atoms with van der Waals surface area (Å²) in [4.78, 5) is 0. The molecule has 0 unspecified atom stereocenters. The highest BCUT2D eigenvalue weighted by Gasteiger charge is 2.18. The van der Waals surface area contributed by atoms with Crippen molar-refractivity contribution < 1.29 is 0 Å². The predicted octanol–water partition coefficient (Wildman–Crippen LogP) is 10.8. The minimum absolute atomic E-state index is 0.572. The Balaban J connectivity index is 1.14. The molecule has 0 spiro atoms. The lowest BCUT2D eigenvalue weighted by Gasteiger charge is -2.15. The molecule has 230 valence electrons. The molecule has 0 aliphatic carbocycles. The summed E-state index contributed by atoms with van der Waals surface area (Å²) in [5, 5.41) is 33.8. The molecule has 9 rings (SSSR count). The number of aromatic nitrogens is 2. The van der Waals surface area contributed by atoms with Gasteiger partial charge in [0.2, 0.25) is 0 Å². The summed E-state index contributed by atoms with van der Waals surface area (Å²) in [6, 6.07) is 57.9. The summed E-state index contributed by atoms with van der Waals surface area (Å²) in [6.07, 6.45) is 0. The molecule has 0 saturated carbocycles. The molecule has 0 atom stereocenters. The molecule has 0 fully saturated rings. The van der Waals surface area contributed by atoms with Gasteiger partial charge in [0.15, 0.2) is 0 Å². The number of nitrogens with zero attached hydrogens (tertiary/aromatic N) is 5. The van der Waals surface area contributed by atoms with Crippen molar-refractivity contribution in [2.75, 3.05) is 0 Å². The normalized spacial score (nSPS) is 11.1. The lowest BCUT2D eigenvalue weighted by molar-refractivity contribution is 1.18. The SMILES string of the molecule is N#Cc1ccc2c(c1)c1cc(C#N)ccc1n2-c1ccccc1-c1ccc(-c2ccc(-n3c4ccccc4c4ccccc43)cc2C#N)cc1. The van der Waals surface area contributed by atoms with Crippen molar-refractivity contribution >= 4 is 43.6 Å². The van der Waals surface area contributed by atoms with Crippen LogP contribution in [0.5, 0.6) is 0 Å². The standard InChI is InChI=1S/C45H25N5/c46-26-29-13-21-44-39(23-29)40-24-30(27-47)14-22-45(40)50(44)41-10-4-1-7-36(41)32-17-15-31(16-18-32)35-20-19-34(25-33(35)28-48)49-42-11-5-2-8-37(42)38-9-3-6-12-43(38)49/h1-25H. The zero-order valence-electron chi connectivity index (χ0n) is 26.7. The van der Waals surface area contributed by atoms with E-state index in [1.165, 1.54) is 10.8 Å². The van der Waals surface area contributed by atoms with E-state index in [0.29, 0.717) is 16.7 Å². The lowest BCUT2D eigenvalue weighted by atomic mass is 9.96. The van der Waals surface area contributed by atoms with Crippen LogP contribution in [0.15, 0.2) is 152 Å². The zero-order chi connectivity index (χ0) is 33.8. The van der Waals surface area contributed by atoms with Crippen LogP contribution in [0.3, 0.4) is 0 Å². The molecular weight excluding hydrogens is 611 g/mol. The van der Waals surface area contributed by atoms with Crippen LogP contribution in [0, 0.1) is 34.0 Å². The van der Waals surface area contributed by atoms with Crippen LogP contribution in [0.25, 0.3) is 77.2 Å². The van der Waals surface area contributed by atoms with Gasteiger partial charge in [0.05, 0.1) is 62.7 Å². The Morgan fingerprint density at radius 2 is 0.900 bits per heavy atom.